The second-order valence-corrected chi connectivity index (χ2v) is 6.77. The van der Waals surface area contributed by atoms with Gasteiger partial charge in [0.25, 0.3) is 5.91 Å². The maximum Gasteiger partial charge on any atom is 0.416 e. The van der Waals surface area contributed by atoms with Gasteiger partial charge < -0.3 is 9.47 Å². The van der Waals surface area contributed by atoms with Crippen LogP contribution in [0.25, 0.3) is 0 Å². The number of hydrazine groups is 1. The summed E-state index contributed by atoms with van der Waals surface area (Å²) in [6, 6.07) is 11.7. The Morgan fingerprint density at radius 3 is 2.23 bits per heavy atom. The zero-order chi connectivity index (χ0) is 21.7. The first-order chi connectivity index (χ1) is 14.3. The number of halogens is 3. The van der Waals surface area contributed by atoms with E-state index < -0.39 is 29.5 Å². The van der Waals surface area contributed by atoms with Crippen molar-refractivity contribution in [3.63, 3.8) is 0 Å². The molecule has 0 saturated heterocycles. The van der Waals surface area contributed by atoms with Crippen LogP contribution in [0.5, 0.6) is 11.5 Å². The number of rotatable bonds is 7. The highest BCUT2D eigenvalue weighted by Crippen LogP contribution is 2.47. The zero-order valence-corrected chi connectivity index (χ0v) is 16.2. The lowest BCUT2D eigenvalue weighted by Crippen LogP contribution is -2.44. The molecule has 9 heteroatoms. The van der Waals surface area contributed by atoms with E-state index in [0.29, 0.717) is 30.1 Å². The Kier molecular flexibility index (Phi) is 6.49. The molecule has 160 valence electrons. The molecule has 1 aliphatic rings. The van der Waals surface area contributed by atoms with Crippen LogP contribution >= 0.6 is 0 Å². The van der Waals surface area contributed by atoms with Crippen LogP contribution in [-0.2, 0) is 15.8 Å². The molecule has 1 aliphatic carbocycles. The number of hydrogen-bond donors (Lipinski definition) is 2. The standard InChI is InChI=1S/C21H21F3N2O4/c1-2-29-17-5-3-4-6-18(17)30-12-19(27)25-26-20(28)16-11-15(16)13-7-9-14(10-8-13)21(22,23)24/h3-10,15-16H,2,11-12H2,1H3,(H,25,27)(H,26,28). The minimum absolute atomic E-state index is 0.168. The number of para-hydroxylation sites is 2. The molecule has 0 heterocycles. The highest BCUT2D eigenvalue weighted by atomic mass is 19.4. The molecule has 2 N–H and O–H groups in total. The van der Waals surface area contributed by atoms with Crippen LogP contribution in [-0.4, -0.2) is 25.0 Å². The molecule has 0 bridgehead atoms. The summed E-state index contributed by atoms with van der Waals surface area (Å²) in [6.45, 7) is 1.95. The van der Waals surface area contributed by atoms with Crippen LogP contribution < -0.4 is 20.3 Å². The quantitative estimate of drug-likeness (QED) is 0.671. The van der Waals surface area contributed by atoms with Crippen molar-refractivity contribution in [3.8, 4) is 11.5 Å². The van der Waals surface area contributed by atoms with Crippen LogP contribution in [0.2, 0.25) is 0 Å². The molecule has 0 aromatic heterocycles. The van der Waals surface area contributed by atoms with Gasteiger partial charge in [0.2, 0.25) is 5.91 Å². The molecular weight excluding hydrogens is 401 g/mol. The first kappa shape index (κ1) is 21.5. The lowest BCUT2D eigenvalue weighted by Gasteiger charge is -2.12. The Balaban J connectivity index is 1.43. The van der Waals surface area contributed by atoms with Crippen LogP contribution in [0.15, 0.2) is 48.5 Å². The van der Waals surface area contributed by atoms with Gasteiger partial charge in [0.05, 0.1) is 12.2 Å². The smallest absolute Gasteiger partial charge is 0.416 e. The van der Waals surface area contributed by atoms with Crippen molar-refractivity contribution in [1.29, 1.82) is 0 Å². The molecule has 3 rings (SSSR count). The summed E-state index contributed by atoms with van der Waals surface area (Å²) in [4.78, 5) is 24.1. The molecular formula is C21H21F3N2O4. The zero-order valence-electron chi connectivity index (χ0n) is 16.2. The highest BCUT2D eigenvalue weighted by Gasteiger charge is 2.44. The van der Waals surface area contributed by atoms with Gasteiger partial charge in [-0.15, -0.1) is 0 Å². The van der Waals surface area contributed by atoms with E-state index >= 15 is 0 Å². The van der Waals surface area contributed by atoms with Gasteiger partial charge in [-0.1, -0.05) is 24.3 Å². The molecule has 0 aliphatic heterocycles. The molecule has 6 nitrogen and oxygen atoms in total. The lowest BCUT2D eigenvalue weighted by atomic mass is 10.1. The van der Waals surface area contributed by atoms with Crippen LogP contribution in [0.1, 0.15) is 30.4 Å². The van der Waals surface area contributed by atoms with E-state index in [9.17, 15) is 22.8 Å². The van der Waals surface area contributed by atoms with Gasteiger partial charge in [0.1, 0.15) is 0 Å². The summed E-state index contributed by atoms with van der Waals surface area (Å²) in [5.74, 6) is -0.607. The molecule has 2 aromatic carbocycles. The number of alkyl halides is 3. The number of nitrogens with one attached hydrogen (secondary N) is 2. The Bertz CT molecular complexity index is 900. The number of carbonyl (C=O) groups is 2. The predicted octanol–water partition coefficient (Wildman–Crippen LogP) is 3.43. The fourth-order valence-electron chi connectivity index (χ4n) is 3.02. The first-order valence-corrected chi connectivity index (χ1v) is 9.40. The number of amides is 2. The topological polar surface area (TPSA) is 76.7 Å². The van der Waals surface area contributed by atoms with Gasteiger partial charge in [0.15, 0.2) is 18.1 Å². The van der Waals surface area contributed by atoms with E-state index in [-0.39, 0.29) is 12.5 Å². The Morgan fingerprint density at radius 2 is 1.63 bits per heavy atom. The summed E-state index contributed by atoms with van der Waals surface area (Å²) in [7, 11) is 0. The SMILES string of the molecule is CCOc1ccccc1OCC(=O)NNC(=O)C1CC1c1ccc(C(F)(F)F)cc1. The van der Waals surface area contributed by atoms with E-state index in [2.05, 4.69) is 10.9 Å². The minimum atomic E-state index is -4.39. The van der Waals surface area contributed by atoms with Crippen LogP contribution in [0.4, 0.5) is 13.2 Å². The lowest BCUT2D eigenvalue weighted by molar-refractivity contribution is -0.137. The average molecular weight is 422 g/mol. The Morgan fingerprint density at radius 1 is 1.00 bits per heavy atom. The van der Waals surface area contributed by atoms with E-state index in [0.717, 1.165) is 12.1 Å². The third-order valence-electron chi connectivity index (χ3n) is 4.63. The molecule has 2 amide bonds. The molecule has 0 radical (unpaired) electrons. The van der Waals surface area contributed by atoms with Crippen molar-refractivity contribution in [1.82, 2.24) is 10.9 Å². The molecule has 2 atom stereocenters. The summed E-state index contributed by atoms with van der Waals surface area (Å²) in [5, 5.41) is 0. The number of hydrogen-bond acceptors (Lipinski definition) is 4. The van der Waals surface area contributed by atoms with Crippen LogP contribution in [0, 0.1) is 5.92 Å². The van der Waals surface area contributed by atoms with E-state index in [1.165, 1.54) is 12.1 Å². The van der Waals surface area contributed by atoms with Gasteiger partial charge in [-0.25, -0.2) is 0 Å². The third kappa shape index (κ3) is 5.43. The van der Waals surface area contributed by atoms with Gasteiger partial charge in [-0.2, -0.15) is 13.2 Å². The van der Waals surface area contributed by atoms with Gasteiger partial charge >= 0.3 is 6.18 Å². The summed E-state index contributed by atoms with van der Waals surface area (Å²) < 4.78 is 48.7. The summed E-state index contributed by atoms with van der Waals surface area (Å²) in [6.07, 6.45) is -3.89. The van der Waals surface area contributed by atoms with E-state index in [1.807, 2.05) is 6.92 Å². The van der Waals surface area contributed by atoms with Crippen molar-refractivity contribution >= 4 is 11.8 Å². The normalized spacial score (nSPS) is 17.7. The fraction of sp³-hybridized carbons (Fsp3) is 0.333. The van der Waals surface area contributed by atoms with Crippen molar-refractivity contribution in [3.05, 3.63) is 59.7 Å². The molecule has 2 unspecified atom stereocenters. The maximum absolute atomic E-state index is 12.6. The minimum Gasteiger partial charge on any atom is -0.490 e. The monoisotopic (exact) mass is 422 g/mol. The molecule has 1 fully saturated rings. The summed E-state index contributed by atoms with van der Waals surface area (Å²) in [5.41, 5.74) is 4.53. The second-order valence-electron chi connectivity index (χ2n) is 6.77. The number of ether oxygens (including phenoxy) is 2. The van der Waals surface area contributed by atoms with Crippen molar-refractivity contribution in [2.75, 3.05) is 13.2 Å². The molecule has 0 spiro atoms. The van der Waals surface area contributed by atoms with Crippen molar-refractivity contribution < 1.29 is 32.2 Å². The van der Waals surface area contributed by atoms with Gasteiger partial charge in [0, 0.05) is 5.92 Å². The number of carbonyl (C=O) groups excluding carboxylic acids is 2. The fourth-order valence-corrected chi connectivity index (χ4v) is 3.02. The van der Waals surface area contributed by atoms with Crippen LogP contribution in [0.3, 0.4) is 0 Å². The van der Waals surface area contributed by atoms with E-state index in [1.54, 1.807) is 24.3 Å². The van der Waals surface area contributed by atoms with Gasteiger partial charge in [-0.05, 0) is 49.1 Å². The van der Waals surface area contributed by atoms with Crippen molar-refractivity contribution in [2.45, 2.75) is 25.4 Å². The largest absolute Gasteiger partial charge is 0.490 e. The highest BCUT2D eigenvalue weighted by molar-refractivity contribution is 5.86. The summed E-state index contributed by atoms with van der Waals surface area (Å²) >= 11 is 0. The Labute approximate surface area is 171 Å². The predicted molar refractivity (Wildman–Crippen MR) is 102 cm³/mol. The third-order valence-corrected chi connectivity index (χ3v) is 4.63. The maximum atomic E-state index is 12.6. The molecule has 1 saturated carbocycles. The molecule has 2 aromatic rings. The first-order valence-electron chi connectivity index (χ1n) is 9.40. The van der Waals surface area contributed by atoms with Gasteiger partial charge in [-0.3, -0.25) is 20.4 Å². The number of benzene rings is 2. The van der Waals surface area contributed by atoms with E-state index in [4.69, 9.17) is 9.47 Å². The Hall–Kier alpha value is -3.23. The average Bonchev–Trinajstić information content (AvgIpc) is 3.52. The second kappa shape index (κ2) is 9.06. The van der Waals surface area contributed by atoms with Crippen molar-refractivity contribution in [2.24, 2.45) is 5.92 Å². The molecule has 30 heavy (non-hydrogen) atoms.